The number of benzene rings is 1. The number of halogens is 2. The molecule has 3 nitrogen and oxygen atoms in total. The Hall–Kier alpha value is -0.230. The van der Waals surface area contributed by atoms with Gasteiger partial charge in [0.2, 0.25) is 5.91 Å². The molecule has 1 aliphatic rings. The van der Waals surface area contributed by atoms with Crippen LogP contribution in [0.25, 0.3) is 0 Å². The van der Waals surface area contributed by atoms with Crippen LogP contribution < -0.4 is 10.6 Å². The summed E-state index contributed by atoms with van der Waals surface area (Å²) in [6, 6.07) is 8.07. The van der Waals surface area contributed by atoms with E-state index in [9.17, 15) is 4.79 Å². The first-order valence-electron chi connectivity index (χ1n) is 7.56. The number of thioether (sulfide) groups is 1. The molecule has 6 heteroatoms. The number of carbonyl (C=O) groups excluding carboxylic acids is 1. The van der Waals surface area contributed by atoms with Crippen LogP contribution in [-0.4, -0.2) is 30.8 Å². The van der Waals surface area contributed by atoms with Crippen LogP contribution in [0.4, 0.5) is 0 Å². The zero-order valence-corrected chi connectivity index (χ0v) is 16.0. The van der Waals surface area contributed by atoms with E-state index in [0.29, 0.717) is 5.92 Å². The molecule has 0 radical (unpaired) electrons. The van der Waals surface area contributed by atoms with E-state index in [1.165, 1.54) is 12.8 Å². The summed E-state index contributed by atoms with van der Waals surface area (Å²) in [5, 5.41) is 6.42. The van der Waals surface area contributed by atoms with Crippen molar-refractivity contribution >= 4 is 46.0 Å². The molecule has 2 rings (SSSR count). The van der Waals surface area contributed by atoms with Crippen molar-refractivity contribution < 1.29 is 4.79 Å². The fraction of sp³-hybridized carbons (Fsp3) is 0.562. The third-order valence-electron chi connectivity index (χ3n) is 3.75. The Morgan fingerprint density at radius 1 is 1.45 bits per heavy atom. The van der Waals surface area contributed by atoms with Crippen LogP contribution in [0.15, 0.2) is 33.6 Å². The van der Waals surface area contributed by atoms with Crippen molar-refractivity contribution in [3.63, 3.8) is 0 Å². The molecule has 1 heterocycles. The molecule has 1 amide bonds. The zero-order chi connectivity index (χ0) is 15.1. The van der Waals surface area contributed by atoms with Crippen molar-refractivity contribution in [3.8, 4) is 0 Å². The van der Waals surface area contributed by atoms with Crippen molar-refractivity contribution in [1.82, 2.24) is 10.6 Å². The van der Waals surface area contributed by atoms with Crippen molar-refractivity contribution in [2.45, 2.75) is 36.3 Å². The Labute approximate surface area is 151 Å². The van der Waals surface area contributed by atoms with Crippen LogP contribution in [0, 0.1) is 5.92 Å². The lowest BCUT2D eigenvalue weighted by Crippen LogP contribution is -2.35. The molecule has 2 unspecified atom stereocenters. The number of carbonyl (C=O) groups is 1. The first-order chi connectivity index (χ1) is 10.1. The second-order valence-corrected chi connectivity index (χ2v) is 7.84. The smallest absolute Gasteiger partial charge is 0.233 e. The fourth-order valence-corrected chi connectivity index (χ4v) is 3.64. The highest BCUT2D eigenvalue weighted by Gasteiger charge is 2.16. The molecule has 124 valence electrons. The number of nitrogens with one attached hydrogen (secondary N) is 2. The van der Waals surface area contributed by atoms with Crippen LogP contribution in [0.1, 0.15) is 26.2 Å². The molecule has 1 aromatic carbocycles. The highest BCUT2D eigenvalue weighted by atomic mass is 79.9. The van der Waals surface area contributed by atoms with E-state index in [4.69, 9.17) is 0 Å². The maximum atomic E-state index is 12.1. The second-order valence-electron chi connectivity index (χ2n) is 5.51. The first kappa shape index (κ1) is 19.8. The topological polar surface area (TPSA) is 41.1 Å². The van der Waals surface area contributed by atoms with Crippen LogP contribution >= 0.6 is 40.1 Å². The molecule has 0 aromatic heterocycles. The number of hydrogen-bond donors (Lipinski definition) is 2. The van der Waals surface area contributed by atoms with Gasteiger partial charge in [0.25, 0.3) is 0 Å². The van der Waals surface area contributed by atoms with Crippen LogP contribution in [-0.2, 0) is 4.79 Å². The van der Waals surface area contributed by atoms with E-state index in [0.717, 1.165) is 35.4 Å². The van der Waals surface area contributed by atoms with Crippen LogP contribution in [0.5, 0.6) is 0 Å². The molecule has 22 heavy (non-hydrogen) atoms. The lowest BCUT2D eigenvalue weighted by atomic mass is 9.96. The number of piperidine rings is 1. The van der Waals surface area contributed by atoms with E-state index < -0.39 is 0 Å². The summed E-state index contributed by atoms with van der Waals surface area (Å²) in [5.41, 5.74) is 0. The standard InChI is InChI=1S/C16H23BrN2OS.ClH/c1-12(21-15-6-4-14(17)5-7-15)16(20)19-10-8-13-3-2-9-18-11-13;/h4-7,12-13,18H,2-3,8-11H2,1H3,(H,19,20);1H. The number of amides is 1. The summed E-state index contributed by atoms with van der Waals surface area (Å²) >= 11 is 5.02. The second kappa shape index (κ2) is 10.5. The van der Waals surface area contributed by atoms with E-state index in [1.54, 1.807) is 11.8 Å². The maximum absolute atomic E-state index is 12.1. The average molecular weight is 408 g/mol. The van der Waals surface area contributed by atoms with Crippen LogP contribution in [0.2, 0.25) is 0 Å². The minimum absolute atomic E-state index is 0. The van der Waals surface area contributed by atoms with Gasteiger partial charge < -0.3 is 10.6 Å². The van der Waals surface area contributed by atoms with E-state index >= 15 is 0 Å². The molecule has 0 aliphatic carbocycles. The minimum Gasteiger partial charge on any atom is -0.355 e. The fourth-order valence-electron chi connectivity index (χ4n) is 2.48. The van der Waals surface area contributed by atoms with Gasteiger partial charge in [-0.05, 0) is 69.5 Å². The largest absolute Gasteiger partial charge is 0.355 e. The van der Waals surface area contributed by atoms with Crippen molar-refractivity contribution in [2.24, 2.45) is 5.92 Å². The lowest BCUT2D eigenvalue weighted by Gasteiger charge is -2.23. The van der Waals surface area contributed by atoms with Gasteiger partial charge in [-0.2, -0.15) is 0 Å². The third kappa shape index (κ3) is 6.90. The molecule has 1 fully saturated rings. The van der Waals surface area contributed by atoms with Gasteiger partial charge in [0.15, 0.2) is 0 Å². The highest BCUT2D eigenvalue weighted by Crippen LogP contribution is 2.24. The van der Waals surface area contributed by atoms with Gasteiger partial charge in [0, 0.05) is 15.9 Å². The normalized spacial score (nSPS) is 19.1. The highest BCUT2D eigenvalue weighted by molar-refractivity contribution is 9.10. The molecular weight excluding hydrogens is 384 g/mol. The van der Waals surface area contributed by atoms with Gasteiger partial charge in [-0.3, -0.25) is 4.79 Å². The van der Waals surface area contributed by atoms with Crippen molar-refractivity contribution in [2.75, 3.05) is 19.6 Å². The predicted octanol–water partition coefficient (Wildman–Crippen LogP) is 3.86. The summed E-state index contributed by atoms with van der Waals surface area (Å²) in [4.78, 5) is 13.2. The summed E-state index contributed by atoms with van der Waals surface area (Å²) < 4.78 is 1.06. The number of hydrogen-bond acceptors (Lipinski definition) is 3. The Bertz CT molecular complexity index is 452. The molecule has 0 bridgehead atoms. The van der Waals surface area contributed by atoms with Crippen LogP contribution in [0.3, 0.4) is 0 Å². The number of rotatable bonds is 6. The van der Waals surface area contributed by atoms with Crippen molar-refractivity contribution in [3.05, 3.63) is 28.7 Å². The van der Waals surface area contributed by atoms with E-state index in [1.807, 2.05) is 31.2 Å². The Kier molecular flexibility index (Phi) is 9.48. The Balaban J connectivity index is 0.00000242. The maximum Gasteiger partial charge on any atom is 0.233 e. The SMILES string of the molecule is CC(Sc1ccc(Br)cc1)C(=O)NCCC1CCCNC1.Cl. The summed E-state index contributed by atoms with van der Waals surface area (Å²) in [6.07, 6.45) is 3.62. The summed E-state index contributed by atoms with van der Waals surface area (Å²) in [5.74, 6) is 0.847. The van der Waals surface area contributed by atoms with Gasteiger partial charge in [-0.15, -0.1) is 24.2 Å². The molecule has 1 aliphatic heterocycles. The van der Waals surface area contributed by atoms with Gasteiger partial charge in [0.05, 0.1) is 5.25 Å². The monoisotopic (exact) mass is 406 g/mol. The Morgan fingerprint density at radius 3 is 2.82 bits per heavy atom. The predicted molar refractivity (Wildman–Crippen MR) is 99.9 cm³/mol. The molecule has 0 saturated carbocycles. The molecular formula is C16H24BrClN2OS. The molecule has 0 spiro atoms. The quantitative estimate of drug-likeness (QED) is 0.704. The average Bonchev–Trinajstić information content (AvgIpc) is 2.50. The molecule has 1 aromatic rings. The minimum atomic E-state index is -0.0596. The van der Waals surface area contributed by atoms with Gasteiger partial charge in [-0.1, -0.05) is 15.9 Å². The van der Waals surface area contributed by atoms with E-state index in [2.05, 4.69) is 26.6 Å². The zero-order valence-electron chi connectivity index (χ0n) is 12.8. The molecule has 1 saturated heterocycles. The third-order valence-corrected chi connectivity index (χ3v) is 5.39. The van der Waals surface area contributed by atoms with E-state index in [-0.39, 0.29) is 23.6 Å². The van der Waals surface area contributed by atoms with Gasteiger partial charge >= 0.3 is 0 Å². The van der Waals surface area contributed by atoms with Gasteiger partial charge in [0.1, 0.15) is 0 Å². The summed E-state index contributed by atoms with van der Waals surface area (Å²) in [6.45, 7) is 4.99. The Morgan fingerprint density at radius 2 is 2.18 bits per heavy atom. The molecule has 2 atom stereocenters. The first-order valence-corrected chi connectivity index (χ1v) is 9.23. The van der Waals surface area contributed by atoms with Gasteiger partial charge in [-0.25, -0.2) is 0 Å². The van der Waals surface area contributed by atoms with Crippen molar-refractivity contribution in [1.29, 1.82) is 0 Å². The molecule has 2 N–H and O–H groups in total. The summed E-state index contributed by atoms with van der Waals surface area (Å²) in [7, 11) is 0. The lowest BCUT2D eigenvalue weighted by molar-refractivity contribution is -0.120.